The molecule has 0 aliphatic heterocycles. The van der Waals surface area contributed by atoms with Crippen molar-refractivity contribution in [3.05, 3.63) is 45.9 Å². The van der Waals surface area contributed by atoms with Crippen molar-refractivity contribution in [2.45, 2.75) is 12.7 Å². The van der Waals surface area contributed by atoms with Crippen molar-refractivity contribution in [2.24, 2.45) is 7.05 Å². The van der Waals surface area contributed by atoms with E-state index in [0.29, 0.717) is 0 Å². The Morgan fingerprint density at radius 2 is 2.04 bits per heavy atom. The zero-order valence-electron chi connectivity index (χ0n) is 13.1. The van der Waals surface area contributed by atoms with Crippen molar-refractivity contribution in [1.29, 1.82) is 0 Å². The minimum atomic E-state index is -4.57. The van der Waals surface area contributed by atoms with Crippen molar-refractivity contribution >= 4 is 17.3 Å². The minimum Gasteiger partial charge on any atom is -0.358 e. The van der Waals surface area contributed by atoms with E-state index >= 15 is 0 Å². The van der Waals surface area contributed by atoms with Gasteiger partial charge in [-0.2, -0.15) is 18.3 Å². The highest BCUT2D eigenvalue weighted by Crippen LogP contribution is 2.31. The van der Waals surface area contributed by atoms with Crippen LogP contribution in [0, 0.1) is 10.1 Å². The minimum absolute atomic E-state index is 0.0282. The molecule has 12 heteroatoms. The van der Waals surface area contributed by atoms with E-state index in [9.17, 15) is 23.3 Å². The van der Waals surface area contributed by atoms with Gasteiger partial charge in [0.25, 0.3) is 0 Å². The maximum absolute atomic E-state index is 13.0. The van der Waals surface area contributed by atoms with Crippen molar-refractivity contribution in [2.75, 3.05) is 11.9 Å². The summed E-state index contributed by atoms with van der Waals surface area (Å²) in [5.41, 5.74) is -0.739. The molecule has 3 heterocycles. The maximum Gasteiger partial charge on any atom is 0.435 e. The van der Waals surface area contributed by atoms with Crippen LogP contribution in [0.5, 0.6) is 0 Å². The topological polar surface area (TPSA) is 94.4 Å². The zero-order chi connectivity index (χ0) is 18.4. The first-order chi connectivity index (χ1) is 11.7. The average Bonchev–Trinajstić information content (AvgIpc) is 3.09. The number of aryl methyl sites for hydroxylation is 1. The Bertz CT molecular complexity index is 947. The molecule has 0 aliphatic carbocycles. The Morgan fingerprint density at radius 1 is 1.32 bits per heavy atom. The number of alkyl halides is 3. The van der Waals surface area contributed by atoms with Crippen molar-refractivity contribution in [3.63, 3.8) is 0 Å². The number of fused-ring (bicyclic) bond motifs is 1. The van der Waals surface area contributed by atoms with Gasteiger partial charge in [0.05, 0.1) is 0 Å². The Kier molecular flexibility index (Phi) is 3.81. The Morgan fingerprint density at radius 3 is 2.68 bits per heavy atom. The molecule has 0 unspecified atom stereocenters. The first kappa shape index (κ1) is 16.7. The lowest BCUT2D eigenvalue weighted by molar-refractivity contribution is -0.391. The van der Waals surface area contributed by atoms with Crippen LogP contribution in [0.15, 0.2) is 24.5 Å². The Labute approximate surface area is 138 Å². The fourth-order valence-corrected chi connectivity index (χ4v) is 2.41. The summed E-state index contributed by atoms with van der Waals surface area (Å²) in [5, 5.41) is 18.5. The standard InChI is InChI=1S/C13H12F3N7O2/c1-20(6-8-7-21(2)19-12(8)13(14,15)16)10-4-3-9-17-5-11(23(24)25)22(9)18-10/h3-5,7H,6H2,1-2H3. The second-order valence-corrected chi connectivity index (χ2v) is 5.37. The Balaban J connectivity index is 1.94. The van der Waals surface area contributed by atoms with Crippen LogP contribution >= 0.6 is 0 Å². The molecular formula is C13H12F3N7O2. The summed E-state index contributed by atoms with van der Waals surface area (Å²) in [4.78, 5) is 15.6. The number of hydrogen-bond acceptors (Lipinski definition) is 6. The van der Waals surface area contributed by atoms with Crippen LogP contribution in [0.1, 0.15) is 11.3 Å². The highest BCUT2D eigenvalue weighted by atomic mass is 19.4. The zero-order valence-corrected chi connectivity index (χ0v) is 13.1. The number of nitro groups is 1. The maximum atomic E-state index is 13.0. The predicted molar refractivity (Wildman–Crippen MR) is 80.0 cm³/mol. The van der Waals surface area contributed by atoms with Crippen LogP contribution in [-0.4, -0.2) is 36.3 Å². The molecule has 0 N–H and O–H groups in total. The number of imidazole rings is 1. The largest absolute Gasteiger partial charge is 0.435 e. The van der Waals surface area contributed by atoms with E-state index in [1.165, 1.54) is 37.3 Å². The molecule has 0 bridgehead atoms. The summed E-state index contributed by atoms with van der Waals surface area (Å²) in [6.45, 7) is -0.121. The summed E-state index contributed by atoms with van der Waals surface area (Å²) >= 11 is 0. The highest BCUT2D eigenvalue weighted by Gasteiger charge is 2.37. The summed E-state index contributed by atoms with van der Waals surface area (Å²) < 4.78 is 41.2. The monoisotopic (exact) mass is 355 g/mol. The fraction of sp³-hybridized carbons (Fsp3) is 0.308. The van der Waals surface area contributed by atoms with Gasteiger partial charge in [-0.05, 0) is 11.0 Å². The van der Waals surface area contributed by atoms with Crippen LogP contribution in [-0.2, 0) is 19.8 Å². The lowest BCUT2D eigenvalue weighted by Crippen LogP contribution is -2.21. The number of halogens is 3. The van der Waals surface area contributed by atoms with Gasteiger partial charge in [0.1, 0.15) is 6.20 Å². The van der Waals surface area contributed by atoms with Gasteiger partial charge >= 0.3 is 12.0 Å². The third kappa shape index (κ3) is 3.09. The summed E-state index contributed by atoms with van der Waals surface area (Å²) in [7, 11) is 2.93. The van der Waals surface area contributed by atoms with Crippen LogP contribution in [0.2, 0.25) is 0 Å². The molecule has 0 aliphatic rings. The molecule has 25 heavy (non-hydrogen) atoms. The van der Waals surface area contributed by atoms with E-state index in [1.54, 1.807) is 0 Å². The average molecular weight is 355 g/mol. The normalized spacial score (nSPS) is 11.9. The summed E-state index contributed by atoms with van der Waals surface area (Å²) in [6, 6.07) is 3.02. The number of hydrogen-bond donors (Lipinski definition) is 0. The smallest absolute Gasteiger partial charge is 0.358 e. The third-order valence-electron chi connectivity index (χ3n) is 3.49. The van der Waals surface area contributed by atoms with Gasteiger partial charge in [0, 0.05) is 38.5 Å². The lowest BCUT2D eigenvalue weighted by atomic mass is 10.2. The van der Waals surface area contributed by atoms with Gasteiger partial charge < -0.3 is 15.0 Å². The van der Waals surface area contributed by atoms with E-state index in [-0.39, 0.29) is 29.4 Å². The predicted octanol–water partition coefficient (Wildman–Crippen LogP) is 2.03. The molecule has 0 aromatic carbocycles. The van der Waals surface area contributed by atoms with E-state index in [1.807, 2.05) is 0 Å². The summed E-state index contributed by atoms with van der Waals surface area (Å²) in [6.07, 6.45) is -2.23. The molecule has 3 aromatic heterocycles. The van der Waals surface area contributed by atoms with E-state index in [4.69, 9.17) is 0 Å². The molecule has 0 fully saturated rings. The molecule has 3 aromatic rings. The van der Waals surface area contributed by atoms with E-state index < -0.39 is 16.8 Å². The first-order valence-corrected chi connectivity index (χ1v) is 6.97. The highest BCUT2D eigenvalue weighted by molar-refractivity contribution is 5.49. The third-order valence-corrected chi connectivity index (χ3v) is 3.49. The van der Waals surface area contributed by atoms with Crippen molar-refractivity contribution in [1.82, 2.24) is 24.4 Å². The van der Waals surface area contributed by atoms with Crippen LogP contribution < -0.4 is 4.90 Å². The first-order valence-electron chi connectivity index (χ1n) is 6.97. The van der Waals surface area contributed by atoms with Crippen LogP contribution in [0.25, 0.3) is 5.65 Å². The number of aromatic nitrogens is 5. The fourth-order valence-electron chi connectivity index (χ4n) is 2.41. The second kappa shape index (κ2) is 5.72. The molecular weight excluding hydrogens is 343 g/mol. The molecule has 0 amide bonds. The van der Waals surface area contributed by atoms with Gasteiger partial charge in [0.2, 0.25) is 5.65 Å². The molecule has 0 saturated heterocycles. The SMILES string of the molecule is CN(Cc1cn(C)nc1C(F)(F)F)c1ccc2ncc([N+](=O)[O-])n2n1. The van der Waals surface area contributed by atoms with Gasteiger partial charge in [-0.1, -0.05) is 9.61 Å². The molecule has 0 atom stereocenters. The molecule has 0 saturated carbocycles. The van der Waals surface area contributed by atoms with Crippen molar-refractivity contribution < 1.29 is 18.1 Å². The molecule has 132 valence electrons. The number of rotatable bonds is 4. The number of nitrogens with zero attached hydrogens (tertiary/aromatic N) is 7. The van der Waals surface area contributed by atoms with E-state index in [0.717, 1.165) is 15.4 Å². The van der Waals surface area contributed by atoms with Crippen LogP contribution in [0.3, 0.4) is 0 Å². The van der Waals surface area contributed by atoms with Crippen LogP contribution in [0.4, 0.5) is 24.8 Å². The second-order valence-electron chi connectivity index (χ2n) is 5.37. The Hall–Kier alpha value is -3.18. The quantitative estimate of drug-likeness (QED) is 0.525. The van der Waals surface area contributed by atoms with Gasteiger partial charge in [-0.15, -0.1) is 0 Å². The van der Waals surface area contributed by atoms with Gasteiger partial charge in [-0.25, -0.2) is 4.98 Å². The van der Waals surface area contributed by atoms with Gasteiger partial charge in [0.15, 0.2) is 11.5 Å². The molecule has 9 nitrogen and oxygen atoms in total. The molecule has 3 rings (SSSR count). The van der Waals surface area contributed by atoms with Gasteiger partial charge in [-0.3, -0.25) is 4.68 Å². The molecule has 0 spiro atoms. The summed E-state index contributed by atoms with van der Waals surface area (Å²) in [5.74, 6) is -0.0758. The van der Waals surface area contributed by atoms with E-state index in [2.05, 4.69) is 15.2 Å². The molecule has 0 radical (unpaired) electrons. The lowest BCUT2D eigenvalue weighted by Gasteiger charge is -2.17. The number of anilines is 1. The van der Waals surface area contributed by atoms with Crippen molar-refractivity contribution in [3.8, 4) is 0 Å².